The number of aromatic nitrogens is 5. The van der Waals surface area contributed by atoms with Gasteiger partial charge >= 0.3 is 0 Å². The first-order valence-electron chi connectivity index (χ1n) is 13.3. The number of halogens is 1. The Morgan fingerprint density at radius 2 is 1.55 bits per heavy atom. The van der Waals surface area contributed by atoms with Crippen molar-refractivity contribution in [3.63, 3.8) is 0 Å². The van der Waals surface area contributed by atoms with Gasteiger partial charge < -0.3 is 28.8 Å². The Labute approximate surface area is 233 Å². The molecule has 1 saturated carbocycles. The molecule has 5 aromatic rings. The van der Waals surface area contributed by atoms with Crippen LogP contribution in [0.3, 0.4) is 0 Å². The molecular weight excluding hydrogens is 534 g/mol. The summed E-state index contributed by atoms with van der Waals surface area (Å²) in [4.78, 5) is 16.9. The maximum absolute atomic E-state index is 9.96. The lowest BCUT2D eigenvalue weighted by Gasteiger charge is -2.15. The number of pyridine rings is 1. The number of imidazole rings is 1. The third-order valence-corrected chi connectivity index (χ3v) is 7.94. The van der Waals surface area contributed by atoms with Gasteiger partial charge in [0.15, 0.2) is 11.8 Å². The maximum atomic E-state index is 9.96. The van der Waals surface area contributed by atoms with E-state index in [1.165, 1.54) is 0 Å². The van der Waals surface area contributed by atoms with Gasteiger partial charge in [0.1, 0.15) is 18.3 Å². The molecule has 0 bridgehead atoms. The Kier molecular flexibility index (Phi) is 5.63. The van der Waals surface area contributed by atoms with Crippen molar-refractivity contribution in [1.82, 2.24) is 25.1 Å². The number of hydrogen-bond acceptors (Lipinski definition) is 9. The molecule has 11 heteroatoms. The van der Waals surface area contributed by atoms with Gasteiger partial charge in [0, 0.05) is 17.0 Å². The van der Waals surface area contributed by atoms with Crippen LogP contribution in [-0.4, -0.2) is 67.8 Å². The van der Waals surface area contributed by atoms with Crippen molar-refractivity contribution in [3.8, 4) is 39.8 Å². The number of H-pyrrole nitrogens is 1. The average molecular weight is 558 g/mol. The minimum absolute atomic E-state index is 0.237. The van der Waals surface area contributed by atoms with Crippen LogP contribution in [0.4, 0.5) is 0 Å². The van der Waals surface area contributed by atoms with Crippen LogP contribution in [0.25, 0.3) is 44.9 Å². The monoisotopic (exact) mass is 557 g/mol. The smallest absolute Gasteiger partial charge is 0.296 e. The first kappa shape index (κ1) is 24.0. The number of aliphatic hydroxyl groups is 1. The lowest BCUT2D eigenvalue weighted by Crippen LogP contribution is -2.34. The molecule has 10 nitrogen and oxygen atoms in total. The van der Waals surface area contributed by atoms with Crippen molar-refractivity contribution in [1.29, 1.82) is 0 Å². The fourth-order valence-corrected chi connectivity index (χ4v) is 5.58. The third kappa shape index (κ3) is 4.24. The fraction of sp³-hybridized carbons (Fsp3) is 0.310. The van der Waals surface area contributed by atoms with E-state index in [1.807, 2.05) is 36.4 Å². The first-order chi connectivity index (χ1) is 19.6. The van der Waals surface area contributed by atoms with Crippen LogP contribution in [0.1, 0.15) is 24.7 Å². The summed E-state index contributed by atoms with van der Waals surface area (Å²) in [5.74, 6) is 1.79. The lowest BCUT2D eigenvalue weighted by atomic mass is 10.0. The van der Waals surface area contributed by atoms with Crippen LogP contribution < -0.4 is 4.74 Å². The minimum atomic E-state index is -0.639. The second kappa shape index (κ2) is 9.38. The van der Waals surface area contributed by atoms with Crippen LogP contribution in [0, 0.1) is 0 Å². The molecule has 202 valence electrons. The van der Waals surface area contributed by atoms with Crippen molar-refractivity contribution >= 4 is 22.8 Å². The summed E-state index contributed by atoms with van der Waals surface area (Å²) < 4.78 is 22.7. The van der Waals surface area contributed by atoms with Gasteiger partial charge in [-0.25, -0.2) is 4.98 Å². The van der Waals surface area contributed by atoms with Gasteiger partial charge in [0.2, 0.25) is 11.7 Å². The summed E-state index contributed by atoms with van der Waals surface area (Å²) in [5, 5.41) is 14.6. The quantitative estimate of drug-likeness (QED) is 0.303. The van der Waals surface area contributed by atoms with Crippen molar-refractivity contribution < 1.29 is 23.8 Å². The van der Waals surface area contributed by atoms with Crippen molar-refractivity contribution in [2.24, 2.45) is 0 Å². The van der Waals surface area contributed by atoms with E-state index in [1.54, 1.807) is 6.07 Å². The Morgan fingerprint density at radius 1 is 0.850 bits per heavy atom. The van der Waals surface area contributed by atoms with E-state index in [0.29, 0.717) is 46.2 Å². The van der Waals surface area contributed by atoms with Gasteiger partial charge in [-0.15, -0.1) is 0 Å². The molecule has 2 N–H and O–H groups in total. The predicted molar refractivity (Wildman–Crippen MR) is 145 cm³/mol. The zero-order valence-corrected chi connectivity index (χ0v) is 21.9. The summed E-state index contributed by atoms with van der Waals surface area (Å²) in [7, 11) is 0. The standard InChI is InChI=1S/C29H24ClN5O5/c30-19-11-20-27(34-29(31-20)39-22-13-38-24-21(36)12-37-25(22)24)32-23(19)16-5-1-14(2-6-16)15-3-7-17(8-4-15)26-33-28(40-35-26)18-9-10-18/h1-8,11,18,21-22,24-25,36H,9-10,12-13H2,(H,31,32,34)/t21-,22-,24?,25?/m1/s1. The van der Waals surface area contributed by atoms with Crippen molar-refractivity contribution in [3.05, 3.63) is 65.5 Å². The number of nitrogens with one attached hydrogen (secondary N) is 1. The summed E-state index contributed by atoms with van der Waals surface area (Å²) in [6, 6.07) is 18.3. The molecule has 3 fully saturated rings. The summed E-state index contributed by atoms with van der Waals surface area (Å²) >= 11 is 6.63. The molecule has 2 saturated heterocycles. The summed E-state index contributed by atoms with van der Waals surface area (Å²) in [5.41, 5.74) is 5.71. The Morgan fingerprint density at radius 3 is 2.30 bits per heavy atom. The second-order valence-corrected chi connectivity index (χ2v) is 10.8. The fourth-order valence-electron chi connectivity index (χ4n) is 5.32. The Balaban J connectivity index is 1.00. The van der Waals surface area contributed by atoms with Crippen molar-refractivity contribution in [2.45, 2.75) is 43.2 Å². The van der Waals surface area contributed by atoms with Gasteiger partial charge in [-0.05, 0) is 30.0 Å². The highest BCUT2D eigenvalue weighted by molar-refractivity contribution is 6.33. The predicted octanol–water partition coefficient (Wildman–Crippen LogP) is 4.78. The number of benzene rings is 2. The molecular formula is C29H24ClN5O5. The number of aliphatic hydroxyl groups excluding tert-OH is 1. The number of ether oxygens (including phenoxy) is 3. The molecule has 2 unspecified atom stereocenters. The average Bonchev–Trinajstić information content (AvgIpc) is 3.28. The van der Waals surface area contributed by atoms with E-state index in [-0.39, 0.29) is 24.9 Å². The Hall–Kier alpha value is -3.83. The van der Waals surface area contributed by atoms with Crippen molar-refractivity contribution in [2.75, 3.05) is 13.2 Å². The molecule has 0 amide bonds. The van der Waals surface area contributed by atoms with Gasteiger partial charge in [-0.2, -0.15) is 9.97 Å². The van der Waals surface area contributed by atoms with Crippen LogP contribution in [0.5, 0.6) is 6.01 Å². The van der Waals surface area contributed by atoms with E-state index in [4.69, 9.17) is 35.3 Å². The van der Waals surface area contributed by atoms with E-state index in [0.717, 1.165) is 41.0 Å². The SMILES string of the molecule is O[C@@H]1COC2C1OC[C@H]2Oc1nc2nc(-c3ccc(-c4ccc(-c5noc(C6CC6)n5)cc4)cc3)c(Cl)cc2[nH]1. The molecule has 4 atom stereocenters. The molecule has 0 radical (unpaired) electrons. The number of hydrogen-bond donors (Lipinski definition) is 2. The Bertz CT molecular complexity index is 1700. The topological polar surface area (TPSA) is 128 Å². The molecule has 0 spiro atoms. The molecule has 3 aromatic heterocycles. The maximum Gasteiger partial charge on any atom is 0.296 e. The van der Waals surface area contributed by atoms with Crippen LogP contribution in [-0.2, 0) is 9.47 Å². The van der Waals surface area contributed by atoms with E-state index in [9.17, 15) is 5.11 Å². The highest BCUT2D eigenvalue weighted by atomic mass is 35.5. The third-order valence-electron chi connectivity index (χ3n) is 7.65. The van der Waals surface area contributed by atoms with Gasteiger partial charge in [-0.3, -0.25) is 0 Å². The van der Waals surface area contributed by atoms with E-state index in [2.05, 4.69) is 32.2 Å². The van der Waals surface area contributed by atoms with Crippen LogP contribution >= 0.6 is 11.6 Å². The molecule has 1 aliphatic carbocycles. The van der Waals surface area contributed by atoms with Gasteiger partial charge in [0.25, 0.3) is 6.01 Å². The lowest BCUT2D eigenvalue weighted by molar-refractivity contribution is 0.00706. The van der Waals surface area contributed by atoms with E-state index < -0.39 is 6.10 Å². The number of nitrogens with zero attached hydrogens (tertiary/aromatic N) is 4. The van der Waals surface area contributed by atoms with Crippen LogP contribution in [0.2, 0.25) is 5.02 Å². The molecule has 40 heavy (non-hydrogen) atoms. The minimum Gasteiger partial charge on any atom is -0.456 e. The zero-order valence-electron chi connectivity index (χ0n) is 21.2. The molecule has 5 heterocycles. The highest BCUT2D eigenvalue weighted by Crippen LogP contribution is 2.39. The van der Waals surface area contributed by atoms with Crippen LogP contribution in [0.15, 0.2) is 59.1 Å². The second-order valence-electron chi connectivity index (χ2n) is 10.4. The number of rotatable bonds is 6. The molecule has 2 aromatic carbocycles. The highest BCUT2D eigenvalue weighted by Gasteiger charge is 2.48. The largest absolute Gasteiger partial charge is 0.456 e. The summed E-state index contributed by atoms with van der Waals surface area (Å²) in [6.07, 6.45) is 0.541. The van der Waals surface area contributed by atoms with Gasteiger partial charge in [0.05, 0.1) is 29.4 Å². The van der Waals surface area contributed by atoms with Gasteiger partial charge in [-0.1, -0.05) is 65.3 Å². The molecule has 3 aliphatic rings. The number of fused-ring (bicyclic) bond motifs is 2. The zero-order chi connectivity index (χ0) is 26.8. The molecule has 2 aliphatic heterocycles. The first-order valence-corrected chi connectivity index (χ1v) is 13.7. The van der Waals surface area contributed by atoms with E-state index >= 15 is 0 Å². The summed E-state index contributed by atoms with van der Waals surface area (Å²) in [6.45, 7) is 0.553. The number of aromatic amines is 1. The normalized spacial score (nSPS) is 24.1. The molecule has 8 rings (SSSR count).